The van der Waals surface area contributed by atoms with Crippen molar-refractivity contribution in [3.8, 4) is 0 Å². The maximum Gasteiger partial charge on any atom is 0.324 e. The molecule has 0 saturated carbocycles. The van der Waals surface area contributed by atoms with Gasteiger partial charge in [0.05, 0.1) is 0 Å². The molecule has 18 heavy (non-hydrogen) atoms. The summed E-state index contributed by atoms with van der Waals surface area (Å²) in [7, 11) is 1.84. The molecule has 0 aromatic heterocycles. The highest BCUT2D eigenvalue weighted by atomic mass is 16.2. The second-order valence-electron chi connectivity index (χ2n) is 4.85. The smallest absolute Gasteiger partial charge is 0.322 e. The zero-order valence-electron chi connectivity index (χ0n) is 11.4. The van der Waals surface area contributed by atoms with Gasteiger partial charge in [-0.2, -0.15) is 0 Å². The fourth-order valence-electron chi connectivity index (χ4n) is 2.11. The van der Waals surface area contributed by atoms with Gasteiger partial charge in [0.2, 0.25) is 0 Å². The van der Waals surface area contributed by atoms with Gasteiger partial charge < -0.3 is 10.2 Å². The first-order valence-electron chi connectivity index (χ1n) is 6.40. The summed E-state index contributed by atoms with van der Waals surface area (Å²) in [6, 6.07) is 6.21. The van der Waals surface area contributed by atoms with Crippen LogP contribution in [0.15, 0.2) is 18.2 Å². The third-order valence-corrected chi connectivity index (χ3v) is 3.55. The average Bonchev–Trinajstić information content (AvgIpc) is 2.41. The molecule has 1 fully saturated rings. The Bertz CT molecular complexity index is 439. The number of nitrogens with zero attached hydrogens (tertiary/aromatic N) is 2. The molecule has 1 aromatic rings. The predicted octanol–water partition coefficient (Wildman–Crippen LogP) is 1.76. The number of anilines is 1. The quantitative estimate of drug-likeness (QED) is 0.821. The Labute approximate surface area is 109 Å². The highest BCUT2D eigenvalue weighted by molar-refractivity contribution is 5.91. The van der Waals surface area contributed by atoms with E-state index in [4.69, 9.17) is 0 Å². The van der Waals surface area contributed by atoms with Crippen LogP contribution >= 0.6 is 0 Å². The third-order valence-electron chi connectivity index (χ3n) is 3.55. The summed E-state index contributed by atoms with van der Waals surface area (Å²) in [6.07, 6.45) is 0. The number of aryl methyl sites for hydroxylation is 2. The molecule has 1 saturated heterocycles. The molecule has 0 spiro atoms. The molecule has 4 heteroatoms. The van der Waals surface area contributed by atoms with Crippen molar-refractivity contribution < 1.29 is 4.79 Å². The number of amides is 2. The van der Waals surface area contributed by atoms with E-state index in [2.05, 4.69) is 31.3 Å². The van der Waals surface area contributed by atoms with Crippen LogP contribution in [-0.4, -0.2) is 44.2 Å². The fraction of sp³-hybridized carbons (Fsp3) is 0.500. The van der Waals surface area contributed by atoms with Gasteiger partial charge in [0.1, 0.15) is 0 Å². The van der Waals surface area contributed by atoms with Crippen LogP contribution < -0.4 is 10.2 Å². The van der Waals surface area contributed by atoms with Crippen LogP contribution in [0.5, 0.6) is 0 Å². The van der Waals surface area contributed by atoms with Crippen molar-refractivity contribution >= 4 is 11.7 Å². The van der Waals surface area contributed by atoms with Crippen LogP contribution in [0.1, 0.15) is 11.1 Å². The van der Waals surface area contributed by atoms with Crippen LogP contribution in [0.2, 0.25) is 0 Å². The Morgan fingerprint density at radius 1 is 1.22 bits per heavy atom. The Hall–Kier alpha value is -1.55. The van der Waals surface area contributed by atoms with E-state index in [-0.39, 0.29) is 6.03 Å². The number of benzene rings is 1. The van der Waals surface area contributed by atoms with Crippen LogP contribution in [0.4, 0.5) is 10.5 Å². The van der Waals surface area contributed by atoms with Gasteiger partial charge in [-0.1, -0.05) is 6.07 Å². The topological polar surface area (TPSA) is 35.6 Å². The maximum absolute atomic E-state index is 12.3. The van der Waals surface area contributed by atoms with Gasteiger partial charge in [-0.15, -0.1) is 0 Å². The molecular weight excluding hydrogens is 226 g/mol. The minimum absolute atomic E-state index is 0.0831. The minimum Gasteiger partial charge on any atom is -0.322 e. The fourth-order valence-corrected chi connectivity index (χ4v) is 2.11. The maximum atomic E-state index is 12.3. The number of urea groups is 1. The molecule has 1 aliphatic heterocycles. The number of nitrogens with one attached hydrogen (secondary N) is 1. The number of rotatable bonds is 1. The second-order valence-corrected chi connectivity index (χ2v) is 4.85. The lowest BCUT2D eigenvalue weighted by Gasteiger charge is -2.31. The number of hydrogen-bond donors (Lipinski definition) is 1. The summed E-state index contributed by atoms with van der Waals surface area (Å²) in [5, 5.41) is 3.25. The van der Waals surface area contributed by atoms with Crippen LogP contribution in [0.25, 0.3) is 0 Å². The Kier molecular flexibility index (Phi) is 3.87. The largest absolute Gasteiger partial charge is 0.324 e. The molecule has 2 rings (SSSR count). The van der Waals surface area contributed by atoms with E-state index < -0.39 is 0 Å². The standard InChI is InChI=1S/C14H21N3O/c1-11-4-5-13(10-12(11)2)16(3)14(18)17-8-6-15-7-9-17/h4-5,10,15H,6-9H2,1-3H3. The highest BCUT2D eigenvalue weighted by Crippen LogP contribution is 2.18. The van der Waals surface area contributed by atoms with Crippen LogP contribution in [0, 0.1) is 13.8 Å². The molecule has 4 nitrogen and oxygen atoms in total. The van der Waals surface area contributed by atoms with Crippen molar-refractivity contribution in [2.75, 3.05) is 38.1 Å². The predicted molar refractivity (Wildman–Crippen MR) is 74.2 cm³/mol. The highest BCUT2D eigenvalue weighted by Gasteiger charge is 2.20. The van der Waals surface area contributed by atoms with Gasteiger partial charge in [-0.25, -0.2) is 4.79 Å². The molecule has 1 heterocycles. The van der Waals surface area contributed by atoms with E-state index >= 15 is 0 Å². The van der Waals surface area contributed by atoms with Crippen LogP contribution in [0.3, 0.4) is 0 Å². The normalized spacial score (nSPS) is 15.6. The van der Waals surface area contributed by atoms with E-state index in [0.717, 1.165) is 31.9 Å². The van der Waals surface area contributed by atoms with Gasteiger partial charge in [0, 0.05) is 38.9 Å². The van der Waals surface area contributed by atoms with E-state index in [9.17, 15) is 4.79 Å². The van der Waals surface area contributed by atoms with Gasteiger partial charge in [0.15, 0.2) is 0 Å². The van der Waals surface area contributed by atoms with E-state index in [1.165, 1.54) is 11.1 Å². The molecule has 0 radical (unpaired) electrons. The molecule has 0 aliphatic carbocycles. The second kappa shape index (κ2) is 5.40. The lowest BCUT2D eigenvalue weighted by Crippen LogP contribution is -2.50. The van der Waals surface area contributed by atoms with Crippen molar-refractivity contribution in [1.29, 1.82) is 0 Å². The molecule has 0 atom stereocenters. The number of hydrogen-bond acceptors (Lipinski definition) is 2. The van der Waals surface area contributed by atoms with Gasteiger partial charge in [-0.05, 0) is 37.1 Å². The Balaban J connectivity index is 2.11. The number of carbonyl (C=O) groups is 1. The molecule has 0 unspecified atom stereocenters. The first-order chi connectivity index (χ1) is 8.59. The summed E-state index contributed by atoms with van der Waals surface area (Å²) in [4.78, 5) is 15.9. The average molecular weight is 247 g/mol. The summed E-state index contributed by atoms with van der Waals surface area (Å²) in [6.45, 7) is 7.49. The molecule has 1 N–H and O–H groups in total. The Morgan fingerprint density at radius 3 is 2.50 bits per heavy atom. The number of piperazine rings is 1. The van der Waals surface area contributed by atoms with Crippen molar-refractivity contribution in [2.45, 2.75) is 13.8 Å². The van der Waals surface area contributed by atoms with Gasteiger partial charge in [0.25, 0.3) is 0 Å². The molecule has 1 aliphatic rings. The zero-order valence-corrected chi connectivity index (χ0v) is 11.4. The first kappa shape index (κ1) is 12.9. The molecular formula is C14H21N3O. The van der Waals surface area contributed by atoms with Crippen molar-refractivity contribution in [2.24, 2.45) is 0 Å². The van der Waals surface area contributed by atoms with Gasteiger partial charge >= 0.3 is 6.03 Å². The molecule has 0 bridgehead atoms. The lowest BCUT2D eigenvalue weighted by molar-refractivity contribution is 0.198. The van der Waals surface area contributed by atoms with Gasteiger partial charge in [-0.3, -0.25) is 4.90 Å². The van der Waals surface area contributed by atoms with E-state index in [1.54, 1.807) is 4.90 Å². The first-order valence-corrected chi connectivity index (χ1v) is 6.40. The van der Waals surface area contributed by atoms with Crippen LogP contribution in [-0.2, 0) is 0 Å². The monoisotopic (exact) mass is 247 g/mol. The van der Waals surface area contributed by atoms with Crippen molar-refractivity contribution in [3.63, 3.8) is 0 Å². The lowest BCUT2D eigenvalue weighted by atomic mass is 10.1. The zero-order chi connectivity index (χ0) is 13.1. The molecule has 1 aromatic carbocycles. The summed E-state index contributed by atoms with van der Waals surface area (Å²) in [5.74, 6) is 0. The van der Waals surface area contributed by atoms with Crippen molar-refractivity contribution in [1.82, 2.24) is 10.2 Å². The summed E-state index contributed by atoms with van der Waals surface area (Å²) in [5.41, 5.74) is 3.43. The Morgan fingerprint density at radius 2 is 1.89 bits per heavy atom. The molecule has 2 amide bonds. The minimum atomic E-state index is 0.0831. The SMILES string of the molecule is Cc1ccc(N(C)C(=O)N2CCNCC2)cc1C. The van der Waals surface area contributed by atoms with E-state index in [1.807, 2.05) is 18.0 Å². The van der Waals surface area contributed by atoms with Crippen molar-refractivity contribution in [3.05, 3.63) is 29.3 Å². The number of carbonyl (C=O) groups excluding carboxylic acids is 1. The third kappa shape index (κ3) is 2.64. The summed E-state index contributed by atoms with van der Waals surface area (Å²) >= 11 is 0. The molecule has 98 valence electrons. The summed E-state index contributed by atoms with van der Waals surface area (Å²) < 4.78 is 0. The van der Waals surface area contributed by atoms with E-state index in [0.29, 0.717) is 0 Å².